The Kier molecular flexibility index (Phi) is 6.76. The number of hydrogen-bond donors (Lipinski definition) is 0. The van der Waals surface area contributed by atoms with E-state index in [1.807, 2.05) is 12.3 Å². The van der Waals surface area contributed by atoms with E-state index in [0.717, 1.165) is 19.5 Å². The molecule has 0 amide bonds. The molecule has 0 aliphatic heterocycles. The Balaban J connectivity index is 0.00000180. The van der Waals surface area contributed by atoms with Crippen LogP contribution in [0.4, 0.5) is 0 Å². The quantitative estimate of drug-likeness (QED) is 0.759. The minimum absolute atomic E-state index is 0. The zero-order valence-electron chi connectivity index (χ0n) is 11.0. The Labute approximate surface area is 122 Å². The molecule has 0 fully saturated rings. The number of benzene rings is 2. The summed E-state index contributed by atoms with van der Waals surface area (Å²) in [6, 6.07) is 21.1. The normalized spacial score (nSPS) is 9.47. The van der Waals surface area contributed by atoms with Crippen LogP contribution in [0.1, 0.15) is 11.1 Å². The zero-order chi connectivity index (χ0) is 12.6. The van der Waals surface area contributed by atoms with Gasteiger partial charge in [-0.2, -0.15) is 0 Å². The Morgan fingerprint density at radius 3 is 1.89 bits per heavy atom. The molecule has 2 rings (SSSR count). The Morgan fingerprint density at radius 1 is 0.842 bits per heavy atom. The van der Waals surface area contributed by atoms with Gasteiger partial charge in [0.1, 0.15) is 0 Å². The fraction of sp³-hybridized carbons (Fsp3) is 0.176. The van der Waals surface area contributed by atoms with Crippen molar-refractivity contribution in [1.82, 2.24) is 4.90 Å². The van der Waals surface area contributed by atoms with Gasteiger partial charge < -0.3 is 4.90 Å². The highest BCUT2D eigenvalue weighted by Crippen LogP contribution is 2.07. The van der Waals surface area contributed by atoms with Gasteiger partial charge in [0.2, 0.25) is 0 Å². The second-order valence-electron chi connectivity index (χ2n) is 4.37. The van der Waals surface area contributed by atoms with E-state index in [0.29, 0.717) is 0 Å². The molecule has 2 aromatic rings. The minimum Gasteiger partial charge on any atom is -0.373 e. The molecule has 0 aliphatic rings. The van der Waals surface area contributed by atoms with Gasteiger partial charge in [0, 0.05) is 13.1 Å². The van der Waals surface area contributed by atoms with Crippen LogP contribution in [0.15, 0.2) is 73.4 Å². The Hall–Kier alpha value is -1.73. The van der Waals surface area contributed by atoms with Gasteiger partial charge in [0.15, 0.2) is 0 Å². The number of halogens is 1. The summed E-state index contributed by atoms with van der Waals surface area (Å²) in [6.07, 6.45) is 2.98. The minimum atomic E-state index is 0. The van der Waals surface area contributed by atoms with Crippen molar-refractivity contribution < 1.29 is 0 Å². The largest absolute Gasteiger partial charge is 0.373 e. The lowest BCUT2D eigenvalue weighted by atomic mass is 10.1. The van der Waals surface area contributed by atoms with Crippen molar-refractivity contribution in [3.05, 3.63) is 84.6 Å². The molecule has 0 aliphatic carbocycles. The third-order valence-electron chi connectivity index (χ3n) is 3.02. The van der Waals surface area contributed by atoms with Crippen LogP contribution in [0.3, 0.4) is 0 Å². The van der Waals surface area contributed by atoms with Gasteiger partial charge in [0.05, 0.1) is 0 Å². The van der Waals surface area contributed by atoms with Gasteiger partial charge >= 0.3 is 0 Å². The van der Waals surface area contributed by atoms with E-state index in [2.05, 4.69) is 66.1 Å². The molecular weight excluding hydrogens is 254 g/mol. The van der Waals surface area contributed by atoms with Crippen LogP contribution < -0.4 is 0 Å². The van der Waals surface area contributed by atoms with Crippen LogP contribution in [0.2, 0.25) is 0 Å². The predicted octanol–water partition coefficient (Wildman–Crippen LogP) is 4.30. The highest BCUT2D eigenvalue weighted by atomic mass is 35.5. The zero-order valence-corrected chi connectivity index (χ0v) is 11.9. The molecule has 100 valence electrons. The van der Waals surface area contributed by atoms with E-state index < -0.39 is 0 Å². The number of hydrogen-bond acceptors (Lipinski definition) is 1. The second kappa shape index (κ2) is 8.39. The van der Waals surface area contributed by atoms with E-state index in [9.17, 15) is 0 Å². The van der Waals surface area contributed by atoms with Gasteiger partial charge in [-0.1, -0.05) is 67.2 Å². The highest BCUT2D eigenvalue weighted by Gasteiger charge is 2.00. The molecule has 0 N–H and O–H groups in total. The van der Waals surface area contributed by atoms with Crippen LogP contribution in [-0.4, -0.2) is 11.4 Å². The molecule has 0 spiro atoms. The first kappa shape index (κ1) is 15.3. The molecule has 1 nitrogen and oxygen atoms in total. The lowest BCUT2D eigenvalue weighted by molar-refractivity contribution is 0.374. The molecule has 0 aromatic heterocycles. The SMILES string of the molecule is C=CN(CCc1ccccc1)Cc1ccccc1.Cl. The van der Waals surface area contributed by atoms with Crippen LogP contribution >= 0.6 is 12.4 Å². The summed E-state index contributed by atoms with van der Waals surface area (Å²) in [4.78, 5) is 2.25. The average Bonchev–Trinajstić information content (AvgIpc) is 2.45. The van der Waals surface area contributed by atoms with Crippen molar-refractivity contribution in [2.75, 3.05) is 6.54 Å². The van der Waals surface area contributed by atoms with Crippen molar-refractivity contribution in [2.24, 2.45) is 0 Å². The fourth-order valence-corrected chi connectivity index (χ4v) is 1.97. The van der Waals surface area contributed by atoms with E-state index >= 15 is 0 Å². The van der Waals surface area contributed by atoms with Crippen LogP contribution in [-0.2, 0) is 13.0 Å². The molecule has 0 radical (unpaired) electrons. The van der Waals surface area contributed by atoms with Crippen LogP contribution in [0, 0.1) is 0 Å². The van der Waals surface area contributed by atoms with Gasteiger partial charge in [-0.05, 0) is 23.7 Å². The smallest absolute Gasteiger partial charge is 0.0423 e. The van der Waals surface area contributed by atoms with E-state index in [1.165, 1.54) is 11.1 Å². The molecule has 0 saturated carbocycles. The standard InChI is InChI=1S/C17H19N.ClH/c1-2-18(15-17-11-7-4-8-12-17)14-13-16-9-5-3-6-10-16;/h2-12H,1,13-15H2;1H. The third-order valence-corrected chi connectivity index (χ3v) is 3.02. The molecular formula is C17H20ClN. The summed E-state index contributed by atoms with van der Waals surface area (Å²) < 4.78 is 0. The maximum Gasteiger partial charge on any atom is 0.0423 e. The van der Waals surface area contributed by atoms with E-state index in [-0.39, 0.29) is 12.4 Å². The Bertz CT molecular complexity index is 467. The first-order valence-corrected chi connectivity index (χ1v) is 6.33. The van der Waals surface area contributed by atoms with Crippen LogP contribution in [0.25, 0.3) is 0 Å². The third kappa shape index (κ3) is 5.19. The van der Waals surface area contributed by atoms with E-state index in [1.54, 1.807) is 0 Å². The maximum absolute atomic E-state index is 3.90. The summed E-state index contributed by atoms with van der Waals surface area (Å²) in [6.45, 7) is 5.83. The van der Waals surface area contributed by atoms with Gasteiger partial charge in [-0.25, -0.2) is 0 Å². The van der Waals surface area contributed by atoms with Crippen molar-refractivity contribution in [3.63, 3.8) is 0 Å². The summed E-state index contributed by atoms with van der Waals surface area (Å²) in [7, 11) is 0. The molecule has 19 heavy (non-hydrogen) atoms. The first-order valence-electron chi connectivity index (χ1n) is 6.33. The van der Waals surface area contributed by atoms with Crippen molar-refractivity contribution in [3.8, 4) is 0 Å². The molecule has 0 atom stereocenters. The van der Waals surface area contributed by atoms with Gasteiger partial charge in [0.25, 0.3) is 0 Å². The second-order valence-corrected chi connectivity index (χ2v) is 4.37. The lowest BCUT2D eigenvalue weighted by Crippen LogP contribution is -2.19. The van der Waals surface area contributed by atoms with Crippen molar-refractivity contribution in [2.45, 2.75) is 13.0 Å². The molecule has 0 bridgehead atoms. The number of rotatable bonds is 6. The van der Waals surface area contributed by atoms with E-state index in [4.69, 9.17) is 0 Å². The molecule has 2 aromatic carbocycles. The lowest BCUT2D eigenvalue weighted by Gasteiger charge is -2.20. The van der Waals surface area contributed by atoms with Gasteiger partial charge in [-0.3, -0.25) is 0 Å². The van der Waals surface area contributed by atoms with Gasteiger partial charge in [-0.15, -0.1) is 12.4 Å². The maximum atomic E-state index is 3.90. The topological polar surface area (TPSA) is 3.24 Å². The molecule has 0 unspecified atom stereocenters. The summed E-state index contributed by atoms with van der Waals surface area (Å²) >= 11 is 0. The Morgan fingerprint density at radius 2 is 1.37 bits per heavy atom. The number of nitrogens with zero attached hydrogens (tertiary/aromatic N) is 1. The van der Waals surface area contributed by atoms with Crippen molar-refractivity contribution >= 4 is 12.4 Å². The average molecular weight is 274 g/mol. The highest BCUT2D eigenvalue weighted by molar-refractivity contribution is 5.85. The molecule has 0 saturated heterocycles. The molecule has 2 heteroatoms. The van der Waals surface area contributed by atoms with Crippen molar-refractivity contribution in [1.29, 1.82) is 0 Å². The summed E-state index contributed by atoms with van der Waals surface area (Å²) in [5.41, 5.74) is 2.70. The van der Waals surface area contributed by atoms with Crippen LogP contribution in [0.5, 0.6) is 0 Å². The summed E-state index contributed by atoms with van der Waals surface area (Å²) in [5, 5.41) is 0. The monoisotopic (exact) mass is 273 g/mol. The first-order chi connectivity index (χ1) is 8.88. The molecule has 0 heterocycles. The predicted molar refractivity (Wildman–Crippen MR) is 84.4 cm³/mol. The fourth-order valence-electron chi connectivity index (χ4n) is 1.97. The summed E-state index contributed by atoms with van der Waals surface area (Å²) in [5.74, 6) is 0.